The highest BCUT2D eigenvalue weighted by molar-refractivity contribution is 6.33. The number of ether oxygens (including phenoxy) is 2. The summed E-state index contributed by atoms with van der Waals surface area (Å²) in [7, 11) is 0. The van der Waals surface area contributed by atoms with Gasteiger partial charge in [-0.25, -0.2) is 4.79 Å². The van der Waals surface area contributed by atoms with Crippen LogP contribution in [-0.4, -0.2) is 63.1 Å². The van der Waals surface area contributed by atoms with E-state index in [0.717, 1.165) is 17.5 Å². The Morgan fingerprint density at radius 1 is 1.22 bits per heavy atom. The Morgan fingerprint density at radius 2 is 1.88 bits per heavy atom. The van der Waals surface area contributed by atoms with Gasteiger partial charge in [0, 0.05) is 19.3 Å². The SMILES string of the molecule is CC(C)(O)COc1cccc(OC2C[C@@H]3CN(C(=O)n4ccc(C(N)=O)n4)C[C@@H]3C2)c1Cl. The number of carbonyl (C=O) groups excluding carboxylic acids is 2. The molecule has 1 aliphatic carbocycles. The van der Waals surface area contributed by atoms with E-state index < -0.39 is 11.5 Å². The lowest BCUT2D eigenvalue weighted by Crippen LogP contribution is -2.34. The van der Waals surface area contributed by atoms with Crippen molar-refractivity contribution in [2.75, 3.05) is 19.7 Å². The summed E-state index contributed by atoms with van der Waals surface area (Å²) in [6.45, 7) is 4.66. The van der Waals surface area contributed by atoms with Gasteiger partial charge in [0.2, 0.25) is 0 Å². The van der Waals surface area contributed by atoms with Gasteiger partial charge in [-0.2, -0.15) is 9.78 Å². The van der Waals surface area contributed by atoms with Crippen LogP contribution >= 0.6 is 11.6 Å². The van der Waals surface area contributed by atoms with E-state index in [4.69, 9.17) is 26.8 Å². The maximum absolute atomic E-state index is 12.7. The summed E-state index contributed by atoms with van der Waals surface area (Å²) in [6.07, 6.45) is 3.07. The van der Waals surface area contributed by atoms with Gasteiger partial charge < -0.3 is 25.2 Å². The van der Waals surface area contributed by atoms with Crippen LogP contribution in [0.15, 0.2) is 30.5 Å². The molecule has 1 aromatic heterocycles. The van der Waals surface area contributed by atoms with E-state index in [0.29, 0.717) is 41.4 Å². The maximum Gasteiger partial charge on any atom is 0.344 e. The van der Waals surface area contributed by atoms with Crippen molar-refractivity contribution in [1.82, 2.24) is 14.7 Å². The molecule has 10 heteroatoms. The van der Waals surface area contributed by atoms with E-state index in [1.54, 1.807) is 30.9 Å². The van der Waals surface area contributed by atoms with Crippen molar-refractivity contribution in [3.63, 3.8) is 0 Å². The summed E-state index contributed by atoms with van der Waals surface area (Å²) in [5, 5.41) is 14.2. The van der Waals surface area contributed by atoms with Crippen LogP contribution in [-0.2, 0) is 0 Å². The number of primary amides is 1. The monoisotopic (exact) mass is 462 g/mol. The Balaban J connectivity index is 1.34. The highest BCUT2D eigenvalue weighted by Gasteiger charge is 2.44. The highest BCUT2D eigenvalue weighted by atomic mass is 35.5. The third-order valence-electron chi connectivity index (χ3n) is 5.82. The first-order valence-electron chi connectivity index (χ1n) is 10.6. The van der Waals surface area contributed by atoms with Gasteiger partial charge in [0.1, 0.15) is 23.1 Å². The molecular weight excluding hydrogens is 436 g/mol. The van der Waals surface area contributed by atoms with Crippen molar-refractivity contribution in [2.45, 2.75) is 38.4 Å². The third kappa shape index (κ3) is 4.83. The molecule has 172 valence electrons. The molecule has 2 aromatic rings. The van der Waals surface area contributed by atoms with Crippen LogP contribution in [0.1, 0.15) is 37.2 Å². The summed E-state index contributed by atoms with van der Waals surface area (Å²) in [5.74, 6) is 0.999. The fourth-order valence-electron chi connectivity index (χ4n) is 4.33. The summed E-state index contributed by atoms with van der Waals surface area (Å²) < 4.78 is 13.0. The number of likely N-dealkylation sites (tertiary alicyclic amines) is 1. The first-order chi connectivity index (χ1) is 15.1. The number of carbonyl (C=O) groups is 2. The van der Waals surface area contributed by atoms with Gasteiger partial charge in [0.25, 0.3) is 5.91 Å². The zero-order valence-electron chi connectivity index (χ0n) is 18.0. The van der Waals surface area contributed by atoms with Gasteiger partial charge in [-0.15, -0.1) is 0 Å². The number of hydrogen-bond acceptors (Lipinski definition) is 6. The summed E-state index contributed by atoms with van der Waals surface area (Å²) in [5.41, 5.74) is 4.31. The molecule has 2 heterocycles. The summed E-state index contributed by atoms with van der Waals surface area (Å²) >= 11 is 6.47. The van der Waals surface area contributed by atoms with Gasteiger partial charge in [0.05, 0.1) is 11.7 Å². The van der Waals surface area contributed by atoms with Gasteiger partial charge in [-0.1, -0.05) is 17.7 Å². The molecule has 32 heavy (non-hydrogen) atoms. The molecule has 1 aliphatic heterocycles. The largest absolute Gasteiger partial charge is 0.489 e. The molecule has 9 nitrogen and oxygen atoms in total. The van der Waals surface area contributed by atoms with E-state index in [-0.39, 0.29) is 24.4 Å². The number of nitrogens with zero attached hydrogens (tertiary/aromatic N) is 3. The van der Waals surface area contributed by atoms with E-state index in [2.05, 4.69) is 5.10 Å². The molecule has 2 aliphatic rings. The first-order valence-corrected chi connectivity index (χ1v) is 10.9. The molecule has 3 N–H and O–H groups in total. The van der Waals surface area contributed by atoms with E-state index >= 15 is 0 Å². The summed E-state index contributed by atoms with van der Waals surface area (Å²) in [4.78, 5) is 25.7. The average Bonchev–Trinajstić information content (AvgIpc) is 3.42. The number of amides is 2. The second-order valence-electron chi connectivity index (χ2n) is 9.10. The number of benzene rings is 1. The third-order valence-corrected chi connectivity index (χ3v) is 6.19. The predicted molar refractivity (Wildman–Crippen MR) is 117 cm³/mol. The van der Waals surface area contributed by atoms with Gasteiger partial charge in [-0.05, 0) is 56.7 Å². The number of fused-ring (bicyclic) bond motifs is 1. The number of rotatable bonds is 6. The first kappa shape index (κ1) is 22.4. The average molecular weight is 463 g/mol. The van der Waals surface area contributed by atoms with Crippen LogP contribution in [0.3, 0.4) is 0 Å². The van der Waals surface area contributed by atoms with Crippen molar-refractivity contribution in [3.05, 3.63) is 41.2 Å². The molecule has 0 bridgehead atoms. The van der Waals surface area contributed by atoms with Crippen LogP contribution in [0.4, 0.5) is 4.79 Å². The number of halogens is 1. The molecule has 1 unspecified atom stereocenters. The number of aromatic nitrogens is 2. The Labute approximate surface area is 191 Å². The lowest BCUT2D eigenvalue weighted by Gasteiger charge is -2.21. The molecular formula is C22H27ClN4O5. The van der Waals surface area contributed by atoms with Crippen LogP contribution in [0.5, 0.6) is 11.5 Å². The molecule has 0 spiro atoms. The fraction of sp³-hybridized carbons (Fsp3) is 0.500. The van der Waals surface area contributed by atoms with Crippen LogP contribution < -0.4 is 15.2 Å². The van der Waals surface area contributed by atoms with Crippen LogP contribution in [0.2, 0.25) is 5.02 Å². The lowest BCUT2D eigenvalue weighted by molar-refractivity contribution is 0.0284. The van der Waals surface area contributed by atoms with E-state index in [1.807, 2.05) is 6.07 Å². The molecule has 2 amide bonds. The zero-order valence-corrected chi connectivity index (χ0v) is 18.8. The lowest BCUT2D eigenvalue weighted by atomic mass is 10.0. The number of nitrogens with two attached hydrogens (primary N) is 1. The van der Waals surface area contributed by atoms with Crippen molar-refractivity contribution < 1.29 is 24.2 Å². The standard InChI is InChI=1S/C22H27ClN4O5/c1-22(2,30)12-31-17-4-3-5-18(19(17)23)32-15-8-13-10-26(11-14(13)9-15)21(29)27-7-6-16(25-27)20(24)28/h3-7,13-15,30H,8-12H2,1-2H3,(H2,24,28)/t13-,14+,15?. The minimum absolute atomic E-state index is 0.00421. The maximum atomic E-state index is 12.7. The minimum Gasteiger partial charge on any atom is -0.489 e. The normalized spacial score (nSPS) is 22.6. The van der Waals surface area contributed by atoms with Gasteiger partial charge >= 0.3 is 6.03 Å². The second-order valence-corrected chi connectivity index (χ2v) is 9.48. The van der Waals surface area contributed by atoms with Crippen LogP contribution in [0.25, 0.3) is 0 Å². The molecule has 4 rings (SSSR count). The smallest absolute Gasteiger partial charge is 0.344 e. The summed E-state index contributed by atoms with van der Waals surface area (Å²) in [6, 6.07) is 6.53. The van der Waals surface area contributed by atoms with Crippen molar-refractivity contribution in [1.29, 1.82) is 0 Å². The van der Waals surface area contributed by atoms with Crippen molar-refractivity contribution >= 4 is 23.5 Å². The van der Waals surface area contributed by atoms with Crippen molar-refractivity contribution in [2.24, 2.45) is 17.6 Å². The van der Waals surface area contributed by atoms with E-state index in [1.165, 1.54) is 12.3 Å². The second kappa shape index (κ2) is 8.63. The molecule has 1 aromatic carbocycles. The molecule has 0 radical (unpaired) electrons. The Hall–Kier alpha value is -2.78. The predicted octanol–water partition coefficient (Wildman–Crippen LogP) is 2.54. The van der Waals surface area contributed by atoms with Crippen LogP contribution in [0, 0.1) is 11.8 Å². The Morgan fingerprint density at radius 3 is 2.47 bits per heavy atom. The molecule has 3 atom stereocenters. The fourth-order valence-corrected chi connectivity index (χ4v) is 4.56. The van der Waals surface area contributed by atoms with Gasteiger partial charge in [-0.3, -0.25) is 4.79 Å². The minimum atomic E-state index is -0.968. The number of aliphatic hydroxyl groups is 1. The Kier molecular flexibility index (Phi) is 6.05. The number of hydrogen-bond donors (Lipinski definition) is 2. The van der Waals surface area contributed by atoms with E-state index in [9.17, 15) is 14.7 Å². The molecule has 1 saturated carbocycles. The topological polar surface area (TPSA) is 120 Å². The quantitative estimate of drug-likeness (QED) is 0.680. The van der Waals surface area contributed by atoms with Crippen molar-refractivity contribution in [3.8, 4) is 11.5 Å². The molecule has 1 saturated heterocycles. The molecule has 2 fully saturated rings. The zero-order chi connectivity index (χ0) is 23.0. The highest BCUT2D eigenvalue weighted by Crippen LogP contribution is 2.42. The van der Waals surface area contributed by atoms with Gasteiger partial charge in [0.15, 0.2) is 5.69 Å². The Bertz CT molecular complexity index is 1000.